The van der Waals surface area contributed by atoms with Crippen LogP contribution >= 0.6 is 0 Å². The van der Waals surface area contributed by atoms with E-state index < -0.39 is 10.0 Å². The van der Waals surface area contributed by atoms with E-state index in [9.17, 15) is 18.0 Å². The first kappa shape index (κ1) is 21.8. The van der Waals surface area contributed by atoms with Crippen molar-refractivity contribution in [2.45, 2.75) is 19.8 Å². The number of rotatable bonds is 5. The highest BCUT2D eigenvalue weighted by molar-refractivity contribution is 7.92. The van der Waals surface area contributed by atoms with Crippen molar-refractivity contribution in [3.05, 3.63) is 65.2 Å². The SMILES string of the molecule is CC(C)c1ccc(C(=O)N2CCN(C(=O)c3ccc(NS(C)(=O)=O)cc3)CC2)cc1. The Balaban J connectivity index is 1.58. The Labute approximate surface area is 177 Å². The number of hydrogen-bond donors (Lipinski definition) is 1. The molecule has 0 aliphatic carbocycles. The van der Waals surface area contributed by atoms with Gasteiger partial charge < -0.3 is 9.80 Å². The van der Waals surface area contributed by atoms with Crippen molar-refractivity contribution >= 4 is 27.5 Å². The van der Waals surface area contributed by atoms with Gasteiger partial charge in [-0.2, -0.15) is 0 Å². The molecule has 1 N–H and O–H groups in total. The summed E-state index contributed by atoms with van der Waals surface area (Å²) in [5.74, 6) is 0.267. The van der Waals surface area contributed by atoms with Crippen molar-refractivity contribution in [2.24, 2.45) is 0 Å². The van der Waals surface area contributed by atoms with Crippen molar-refractivity contribution in [2.75, 3.05) is 37.2 Å². The minimum atomic E-state index is -3.36. The van der Waals surface area contributed by atoms with Gasteiger partial charge in [0.2, 0.25) is 10.0 Å². The lowest BCUT2D eigenvalue weighted by Crippen LogP contribution is -2.50. The van der Waals surface area contributed by atoms with Gasteiger partial charge in [-0.3, -0.25) is 14.3 Å². The average Bonchev–Trinajstić information content (AvgIpc) is 2.72. The van der Waals surface area contributed by atoms with E-state index in [1.165, 1.54) is 5.56 Å². The summed E-state index contributed by atoms with van der Waals surface area (Å²) in [4.78, 5) is 29.0. The molecule has 0 atom stereocenters. The van der Waals surface area contributed by atoms with Crippen molar-refractivity contribution in [1.82, 2.24) is 9.80 Å². The van der Waals surface area contributed by atoms with Gasteiger partial charge >= 0.3 is 0 Å². The molecule has 0 radical (unpaired) electrons. The smallest absolute Gasteiger partial charge is 0.253 e. The van der Waals surface area contributed by atoms with E-state index in [1.54, 1.807) is 34.1 Å². The van der Waals surface area contributed by atoms with E-state index in [0.717, 1.165) is 6.26 Å². The maximum Gasteiger partial charge on any atom is 0.253 e. The molecule has 3 rings (SSSR count). The summed E-state index contributed by atoms with van der Waals surface area (Å²) >= 11 is 0. The topological polar surface area (TPSA) is 86.8 Å². The summed E-state index contributed by atoms with van der Waals surface area (Å²) in [7, 11) is -3.36. The molecule has 2 aromatic rings. The van der Waals surface area contributed by atoms with E-state index in [2.05, 4.69) is 18.6 Å². The van der Waals surface area contributed by atoms with Gasteiger partial charge in [0.15, 0.2) is 0 Å². The zero-order valence-corrected chi connectivity index (χ0v) is 18.3. The van der Waals surface area contributed by atoms with Crippen molar-refractivity contribution in [3.8, 4) is 0 Å². The highest BCUT2D eigenvalue weighted by Gasteiger charge is 2.25. The number of anilines is 1. The minimum Gasteiger partial charge on any atom is -0.335 e. The summed E-state index contributed by atoms with van der Waals surface area (Å²) in [5, 5.41) is 0. The maximum absolute atomic E-state index is 12.7. The van der Waals surface area contributed by atoms with Gasteiger partial charge in [-0.05, 0) is 47.9 Å². The van der Waals surface area contributed by atoms with Crippen LogP contribution in [0.3, 0.4) is 0 Å². The summed E-state index contributed by atoms with van der Waals surface area (Å²) in [5.41, 5.74) is 2.75. The van der Waals surface area contributed by atoms with Gasteiger partial charge in [0.05, 0.1) is 6.26 Å². The number of hydrogen-bond acceptors (Lipinski definition) is 4. The van der Waals surface area contributed by atoms with Crippen molar-refractivity contribution in [1.29, 1.82) is 0 Å². The van der Waals surface area contributed by atoms with Gasteiger partial charge in [0.25, 0.3) is 11.8 Å². The number of piperazine rings is 1. The third-order valence-corrected chi connectivity index (χ3v) is 5.72. The molecule has 0 spiro atoms. The van der Waals surface area contributed by atoms with Crippen LogP contribution in [0.4, 0.5) is 5.69 Å². The van der Waals surface area contributed by atoms with Gasteiger partial charge in [-0.1, -0.05) is 26.0 Å². The Morgan fingerprint density at radius 2 is 1.20 bits per heavy atom. The molecule has 0 aromatic heterocycles. The summed E-state index contributed by atoms with van der Waals surface area (Å²) in [6.45, 7) is 6.09. The molecule has 2 aromatic carbocycles. The largest absolute Gasteiger partial charge is 0.335 e. The van der Waals surface area contributed by atoms with Crippen LogP contribution in [0.1, 0.15) is 46.0 Å². The number of carbonyl (C=O) groups excluding carboxylic acids is 2. The molecular weight excluding hydrogens is 402 g/mol. The lowest BCUT2D eigenvalue weighted by molar-refractivity contribution is 0.0535. The summed E-state index contributed by atoms with van der Waals surface area (Å²) < 4.78 is 24.9. The number of amides is 2. The number of carbonyl (C=O) groups is 2. The van der Waals surface area contributed by atoms with Gasteiger partial charge in [0.1, 0.15) is 0 Å². The quantitative estimate of drug-likeness (QED) is 0.792. The van der Waals surface area contributed by atoms with Crippen LogP contribution in [0.5, 0.6) is 0 Å². The second-order valence-electron chi connectivity index (χ2n) is 7.81. The molecule has 2 amide bonds. The normalized spacial score (nSPS) is 14.7. The van der Waals surface area contributed by atoms with Gasteiger partial charge in [-0.25, -0.2) is 8.42 Å². The summed E-state index contributed by atoms with van der Waals surface area (Å²) in [6.07, 6.45) is 1.07. The fraction of sp³-hybridized carbons (Fsp3) is 0.364. The second-order valence-corrected chi connectivity index (χ2v) is 9.56. The Bertz CT molecular complexity index is 1010. The Morgan fingerprint density at radius 1 is 0.800 bits per heavy atom. The molecule has 7 nitrogen and oxygen atoms in total. The molecule has 0 saturated carbocycles. The average molecular weight is 430 g/mol. The van der Waals surface area contributed by atoms with Crippen LogP contribution in [0.15, 0.2) is 48.5 Å². The van der Waals surface area contributed by atoms with Crippen LogP contribution in [0.25, 0.3) is 0 Å². The van der Waals surface area contributed by atoms with E-state index in [-0.39, 0.29) is 11.8 Å². The molecule has 160 valence electrons. The molecule has 1 heterocycles. The molecule has 1 saturated heterocycles. The van der Waals surface area contributed by atoms with Crippen LogP contribution in [0.2, 0.25) is 0 Å². The predicted octanol–water partition coefficient (Wildman–Crippen LogP) is 2.78. The fourth-order valence-corrected chi connectivity index (χ4v) is 3.95. The number of nitrogens with one attached hydrogen (secondary N) is 1. The Kier molecular flexibility index (Phi) is 6.45. The van der Waals surface area contributed by atoms with Crippen molar-refractivity contribution < 1.29 is 18.0 Å². The van der Waals surface area contributed by atoms with Gasteiger partial charge in [-0.15, -0.1) is 0 Å². The third kappa shape index (κ3) is 5.38. The molecule has 1 aliphatic heterocycles. The molecule has 1 aliphatic rings. The van der Waals surface area contributed by atoms with Crippen LogP contribution < -0.4 is 4.72 Å². The molecule has 30 heavy (non-hydrogen) atoms. The van der Waals surface area contributed by atoms with E-state index in [4.69, 9.17) is 0 Å². The number of benzene rings is 2. The second kappa shape index (κ2) is 8.87. The Hall–Kier alpha value is -2.87. The first-order chi connectivity index (χ1) is 14.1. The minimum absolute atomic E-state index is 0.0198. The van der Waals surface area contributed by atoms with Crippen LogP contribution in [0, 0.1) is 0 Å². The zero-order chi connectivity index (χ0) is 21.9. The van der Waals surface area contributed by atoms with Crippen molar-refractivity contribution in [3.63, 3.8) is 0 Å². The lowest BCUT2D eigenvalue weighted by Gasteiger charge is -2.35. The zero-order valence-electron chi connectivity index (χ0n) is 17.5. The van der Waals surface area contributed by atoms with E-state index in [1.807, 2.05) is 24.3 Å². The predicted molar refractivity (Wildman–Crippen MR) is 117 cm³/mol. The number of sulfonamides is 1. The maximum atomic E-state index is 12.7. The molecule has 0 unspecified atom stereocenters. The first-order valence-electron chi connectivity index (χ1n) is 9.90. The molecular formula is C22H27N3O4S. The standard InChI is InChI=1S/C22H27N3O4S/c1-16(2)17-4-6-18(7-5-17)21(26)24-12-14-25(15-13-24)22(27)19-8-10-20(11-9-19)23-30(3,28)29/h4-11,16,23H,12-15H2,1-3H3. The number of nitrogens with zero attached hydrogens (tertiary/aromatic N) is 2. The fourth-order valence-electron chi connectivity index (χ4n) is 3.38. The Morgan fingerprint density at radius 3 is 1.57 bits per heavy atom. The lowest BCUT2D eigenvalue weighted by atomic mass is 10.0. The molecule has 8 heteroatoms. The van der Waals surface area contributed by atoms with Crippen LogP contribution in [-0.2, 0) is 10.0 Å². The summed E-state index contributed by atoms with van der Waals surface area (Å²) in [6, 6.07) is 14.0. The van der Waals surface area contributed by atoms with Crippen LogP contribution in [-0.4, -0.2) is 62.5 Å². The van der Waals surface area contributed by atoms with Gasteiger partial charge in [0, 0.05) is 43.0 Å². The third-order valence-electron chi connectivity index (χ3n) is 5.11. The molecule has 1 fully saturated rings. The molecule has 0 bridgehead atoms. The first-order valence-corrected chi connectivity index (χ1v) is 11.8. The highest BCUT2D eigenvalue weighted by Crippen LogP contribution is 2.18. The monoisotopic (exact) mass is 429 g/mol. The highest BCUT2D eigenvalue weighted by atomic mass is 32.2. The van der Waals surface area contributed by atoms with E-state index >= 15 is 0 Å². The van der Waals surface area contributed by atoms with E-state index in [0.29, 0.717) is 48.9 Å².